The number of nitrogens with zero attached hydrogens (tertiary/aromatic N) is 3. The van der Waals surface area contributed by atoms with Gasteiger partial charge in [-0.15, -0.1) is 0 Å². The van der Waals surface area contributed by atoms with E-state index in [9.17, 15) is 0 Å². The standard InChI is InChI=1S/C31H34N4OS/c1-19(2)36-25-15-13-24(14-16-25)35-30(29(33-31(35)37)27-11-7-8-17-32-27)26-18-21(4)34(23(26)6)28-12-9-10-20(3)22(28)5/h7-19,29-30H,1-6H3,(H,33,37). The average Bonchev–Trinajstić information content (AvgIpc) is 3.37. The van der Waals surface area contributed by atoms with E-state index in [1.807, 2.05) is 44.3 Å². The molecule has 0 radical (unpaired) electrons. The molecule has 37 heavy (non-hydrogen) atoms. The Bertz CT molecular complexity index is 1430. The van der Waals surface area contributed by atoms with Crippen LogP contribution >= 0.6 is 12.2 Å². The molecule has 2 unspecified atom stereocenters. The van der Waals surface area contributed by atoms with E-state index in [4.69, 9.17) is 21.9 Å². The molecule has 0 saturated carbocycles. The van der Waals surface area contributed by atoms with Crippen molar-refractivity contribution in [2.45, 2.75) is 59.7 Å². The van der Waals surface area contributed by atoms with Crippen LogP contribution in [0.25, 0.3) is 5.69 Å². The van der Waals surface area contributed by atoms with Gasteiger partial charge in [0.25, 0.3) is 0 Å². The van der Waals surface area contributed by atoms with E-state index in [1.165, 1.54) is 33.8 Å². The summed E-state index contributed by atoms with van der Waals surface area (Å²) >= 11 is 5.94. The van der Waals surface area contributed by atoms with Crippen molar-refractivity contribution in [1.82, 2.24) is 14.9 Å². The Hall–Kier alpha value is -3.64. The minimum atomic E-state index is -0.0900. The Kier molecular flexibility index (Phi) is 6.78. The van der Waals surface area contributed by atoms with Gasteiger partial charge in [-0.1, -0.05) is 18.2 Å². The van der Waals surface area contributed by atoms with Crippen LogP contribution in [0.1, 0.15) is 59.7 Å². The SMILES string of the molecule is Cc1cccc(-n2c(C)cc(C3C(c4ccccn4)NC(=S)N3c3ccc(OC(C)C)cc3)c2C)c1C. The molecule has 5 nitrogen and oxygen atoms in total. The van der Waals surface area contributed by atoms with Crippen molar-refractivity contribution in [2.24, 2.45) is 0 Å². The van der Waals surface area contributed by atoms with Gasteiger partial charge < -0.3 is 19.5 Å². The Morgan fingerprint density at radius 1 is 0.946 bits per heavy atom. The Morgan fingerprint density at radius 2 is 1.70 bits per heavy atom. The number of hydrogen-bond acceptors (Lipinski definition) is 3. The van der Waals surface area contributed by atoms with Crippen LogP contribution in [0.5, 0.6) is 5.75 Å². The highest BCUT2D eigenvalue weighted by Gasteiger charge is 2.42. The molecule has 1 fully saturated rings. The van der Waals surface area contributed by atoms with Crippen molar-refractivity contribution in [1.29, 1.82) is 0 Å². The number of aromatic nitrogens is 2. The van der Waals surface area contributed by atoms with Gasteiger partial charge in [0.1, 0.15) is 5.75 Å². The number of anilines is 1. The first-order valence-corrected chi connectivity index (χ1v) is 13.2. The summed E-state index contributed by atoms with van der Waals surface area (Å²) in [5.41, 5.74) is 9.40. The third-order valence-electron chi connectivity index (χ3n) is 7.19. The molecule has 190 valence electrons. The second-order valence-electron chi connectivity index (χ2n) is 10.0. The highest BCUT2D eigenvalue weighted by atomic mass is 32.1. The minimum Gasteiger partial charge on any atom is -0.491 e. The van der Waals surface area contributed by atoms with Gasteiger partial charge in [0.15, 0.2) is 5.11 Å². The second kappa shape index (κ2) is 10.0. The lowest BCUT2D eigenvalue weighted by Crippen LogP contribution is -2.29. The average molecular weight is 511 g/mol. The molecule has 1 saturated heterocycles. The van der Waals surface area contributed by atoms with E-state index >= 15 is 0 Å². The van der Waals surface area contributed by atoms with Gasteiger partial charge in [0, 0.05) is 29.0 Å². The molecule has 3 heterocycles. The number of hydrogen-bond donors (Lipinski definition) is 1. The Balaban J connectivity index is 1.64. The van der Waals surface area contributed by atoms with E-state index in [-0.39, 0.29) is 18.2 Å². The van der Waals surface area contributed by atoms with Crippen LogP contribution in [-0.2, 0) is 0 Å². The highest BCUT2D eigenvalue weighted by Crippen LogP contribution is 2.44. The number of aryl methyl sites for hydroxylation is 2. The van der Waals surface area contributed by atoms with Crippen molar-refractivity contribution < 1.29 is 4.74 Å². The fourth-order valence-corrected chi connectivity index (χ4v) is 5.69. The van der Waals surface area contributed by atoms with Crippen molar-refractivity contribution in [3.63, 3.8) is 0 Å². The molecular weight excluding hydrogens is 476 g/mol. The van der Waals surface area contributed by atoms with Crippen LogP contribution < -0.4 is 15.0 Å². The van der Waals surface area contributed by atoms with Crippen LogP contribution in [-0.4, -0.2) is 20.8 Å². The molecule has 2 aromatic carbocycles. The van der Waals surface area contributed by atoms with Gasteiger partial charge in [0.05, 0.1) is 23.9 Å². The molecular formula is C31H34N4OS. The number of thiocarbonyl (C=S) groups is 1. The molecule has 2 atom stereocenters. The molecule has 6 heteroatoms. The minimum absolute atomic E-state index is 0.0654. The zero-order chi connectivity index (χ0) is 26.3. The van der Waals surface area contributed by atoms with Gasteiger partial charge in [-0.3, -0.25) is 4.98 Å². The predicted octanol–water partition coefficient (Wildman–Crippen LogP) is 7.07. The van der Waals surface area contributed by atoms with Crippen molar-refractivity contribution >= 4 is 23.0 Å². The van der Waals surface area contributed by atoms with Gasteiger partial charge in [0.2, 0.25) is 0 Å². The molecule has 1 N–H and O–H groups in total. The Morgan fingerprint density at radius 3 is 2.38 bits per heavy atom. The zero-order valence-corrected chi connectivity index (χ0v) is 23.1. The van der Waals surface area contributed by atoms with Crippen LogP contribution in [0.2, 0.25) is 0 Å². The summed E-state index contributed by atoms with van der Waals surface area (Å²) in [6, 6.07) is 22.9. The number of benzene rings is 2. The molecule has 5 rings (SSSR count). The van der Waals surface area contributed by atoms with Crippen LogP contribution in [0, 0.1) is 27.7 Å². The normalized spacial score (nSPS) is 17.4. The van der Waals surface area contributed by atoms with E-state index < -0.39 is 0 Å². The number of pyridine rings is 1. The van der Waals surface area contributed by atoms with Crippen molar-refractivity contribution in [3.05, 3.63) is 107 Å². The lowest BCUT2D eigenvalue weighted by Gasteiger charge is -2.28. The third-order valence-corrected chi connectivity index (χ3v) is 7.51. The number of nitrogens with one attached hydrogen (secondary N) is 1. The number of ether oxygens (including phenoxy) is 1. The summed E-state index contributed by atoms with van der Waals surface area (Å²) in [6.45, 7) is 12.8. The van der Waals surface area contributed by atoms with Gasteiger partial charge >= 0.3 is 0 Å². The molecule has 0 amide bonds. The summed E-state index contributed by atoms with van der Waals surface area (Å²) in [4.78, 5) is 6.94. The van der Waals surface area contributed by atoms with Crippen molar-refractivity contribution in [2.75, 3.05) is 4.90 Å². The van der Waals surface area contributed by atoms with Crippen LogP contribution in [0.15, 0.2) is 72.9 Å². The molecule has 1 aliphatic rings. The third kappa shape index (κ3) is 4.62. The van der Waals surface area contributed by atoms with E-state index in [0.29, 0.717) is 5.11 Å². The highest BCUT2D eigenvalue weighted by molar-refractivity contribution is 7.80. The summed E-state index contributed by atoms with van der Waals surface area (Å²) in [5, 5.41) is 4.27. The second-order valence-corrected chi connectivity index (χ2v) is 10.4. The first-order valence-electron chi connectivity index (χ1n) is 12.8. The first-order chi connectivity index (χ1) is 17.8. The smallest absolute Gasteiger partial charge is 0.174 e. The lowest BCUT2D eigenvalue weighted by atomic mass is 9.96. The molecule has 4 aromatic rings. The summed E-state index contributed by atoms with van der Waals surface area (Å²) in [6.07, 6.45) is 1.97. The fraction of sp³-hybridized carbons (Fsp3) is 0.290. The summed E-state index contributed by atoms with van der Waals surface area (Å²) in [7, 11) is 0. The Labute approximate surface area is 225 Å². The fourth-order valence-electron chi connectivity index (χ4n) is 5.34. The predicted molar refractivity (Wildman–Crippen MR) is 155 cm³/mol. The summed E-state index contributed by atoms with van der Waals surface area (Å²) < 4.78 is 8.26. The van der Waals surface area contributed by atoms with Gasteiger partial charge in [-0.2, -0.15) is 0 Å². The topological polar surface area (TPSA) is 42.3 Å². The molecule has 0 spiro atoms. The first kappa shape index (κ1) is 25.0. The molecule has 0 aliphatic carbocycles. The quantitative estimate of drug-likeness (QED) is 0.281. The maximum absolute atomic E-state index is 5.94. The molecule has 1 aliphatic heterocycles. The molecule has 0 bridgehead atoms. The molecule has 2 aromatic heterocycles. The van der Waals surface area contributed by atoms with Gasteiger partial charge in [-0.05, 0) is 119 Å². The van der Waals surface area contributed by atoms with Crippen molar-refractivity contribution in [3.8, 4) is 11.4 Å². The van der Waals surface area contributed by atoms with E-state index in [0.717, 1.165) is 17.1 Å². The van der Waals surface area contributed by atoms with Crippen LogP contribution in [0.4, 0.5) is 5.69 Å². The lowest BCUT2D eigenvalue weighted by molar-refractivity contribution is 0.242. The van der Waals surface area contributed by atoms with Gasteiger partial charge in [-0.25, -0.2) is 0 Å². The monoisotopic (exact) mass is 510 g/mol. The number of rotatable bonds is 6. The maximum Gasteiger partial charge on any atom is 0.174 e. The maximum atomic E-state index is 5.94. The zero-order valence-electron chi connectivity index (χ0n) is 22.3. The van der Waals surface area contributed by atoms with Crippen LogP contribution in [0.3, 0.4) is 0 Å². The largest absolute Gasteiger partial charge is 0.491 e. The van der Waals surface area contributed by atoms with E-state index in [1.54, 1.807) is 0 Å². The summed E-state index contributed by atoms with van der Waals surface area (Å²) in [5.74, 6) is 0.850. The van der Waals surface area contributed by atoms with E-state index in [2.05, 4.69) is 84.9 Å².